The molecule has 1 saturated heterocycles. The molecule has 0 amide bonds. The third-order valence-electron chi connectivity index (χ3n) is 6.04. The van der Waals surface area contributed by atoms with Crippen LogP contribution in [-0.2, 0) is 9.53 Å². The van der Waals surface area contributed by atoms with Crippen molar-refractivity contribution in [1.29, 1.82) is 0 Å². The van der Waals surface area contributed by atoms with Crippen LogP contribution in [0.5, 0.6) is 0 Å². The number of carboxylic acid groups (broad SMARTS) is 1. The molecule has 1 aliphatic rings. The predicted octanol–water partition coefficient (Wildman–Crippen LogP) is 5.16. The van der Waals surface area contributed by atoms with Crippen LogP contribution in [0.25, 0.3) is 27.5 Å². The first-order chi connectivity index (χ1) is 15.5. The van der Waals surface area contributed by atoms with E-state index in [4.69, 9.17) is 4.74 Å². The van der Waals surface area contributed by atoms with Crippen molar-refractivity contribution in [1.82, 2.24) is 14.8 Å². The van der Waals surface area contributed by atoms with Gasteiger partial charge in [-0.25, -0.2) is 13.2 Å². The summed E-state index contributed by atoms with van der Waals surface area (Å²) in [5, 5.41) is 16.3. The molecule has 2 aromatic carbocycles. The van der Waals surface area contributed by atoms with Gasteiger partial charge in [-0.2, -0.15) is 5.10 Å². The molecule has 6 nitrogen and oxygen atoms in total. The Morgan fingerprint density at radius 3 is 2.66 bits per heavy atom. The van der Waals surface area contributed by atoms with E-state index in [-0.39, 0.29) is 22.4 Å². The third-order valence-corrected chi connectivity index (χ3v) is 6.04. The van der Waals surface area contributed by atoms with Crippen molar-refractivity contribution in [3.8, 4) is 5.69 Å². The quantitative estimate of drug-likeness (QED) is 0.446. The fraction of sp³-hybridized carbons (Fsp3) is 0.304. The first-order valence-corrected chi connectivity index (χ1v) is 10.3. The van der Waals surface area contributed by atoms with E-state index < -0.39 is 30.2 Å². The number of aromatic nitrogens is 3. The second kappa shape index (κ2) is 7.98. The molecular weight excluding hydrogens is 423 g/mol. The van der Waals surface area contributed by atoms with Crippen LogP contribution in [-0.4, -0.2) is 39.1 Å². The molecule has 0 spiro atoms. The molecule has 9 heteroatoms. The molecule has 4 aromatic rings. The summed E-state index contributed by atoms with van der Waals surface area (Å²) < 4.78 is 52.1. The SMILES string of the molecule is O=C(O)C[C@H](F)c1c(C2CCOCC2)n(-c2ccc(F)cc2)c2cc3cn[nH]c3c(F)c12. The summed E-state index contributed by atoms with van der Waals surface area (Å²) in [6, 6.07) is 7.35. The van der Waals surface area contributed by atoms with Crippen molar-refractivity contribution in [2.75, 3.05) is 13.2 Å². The van der Waals surface area contributed by atoms with E-state index in [1.54, 1.807) is 22.8 Å². The highest BCUT2D eigenvalue weighted by Gasteiger charge is 2.33. The van der Waals surface area contributed by atoms with Gasteiger partial charge in [-0.05, 0) is 43.2 Å². The van der Waals surface area contributed by atoms with Gasteiger partial charge in [0.2, 0.25) is 0 Å². The Kier molecular flexibility index (Phi) is 5.13. The highest BCUT2D eigenvalue weighted by atomic mass is 19.1. The van der Waals surface area contributed by atoms with Gasteiger partial charge in [-0.3, -0.25) is 9.89 Å². The maximum absolute atomic E-state index is 15.7. The summed E-state index contributed by atoms with van der Waals surface area (Å²) in [5.41, 5.74) is 1.56. The molecule has 1 aliphatic heterocycles. The molecule has 0 aliphatic carbocycles. The minimum Gasteiger partial charge on any atom is -0.481 e. The zero-order chi connectivity index (χ0) is 22.4. The Morgan fingerprint density at radius 2 is 1.97 bits per heavy atom. The second-order valence-corrected chi connectivity index (χ2v) is 7.98. The van der Waals surface area contributed by atoms with Crippen LogP contribution in [0.4, 0.5) is 13.2 Å². The number of H-pyrrole nitrogens is 1. The van der Waals surface area contributed by atoms with E-state index in [0.717, 1.165) is 0 Å². The molecular formula is C23H20F3N3O3. The zero-order valence-corrected chi connectivity index (χ0v) is 16.9. The number of alkyl halides is 1. The average molecular weight is 443 g/mol. The molecule has 5 rings (SSSR count). The zero-order valence-electron chi connectivity index (χ0n) is 16.9. The second-order valence-electron chi connectivity index (χ2n) is 7.98. The minimum atomic E-state index is -1.93. The molecule has 1 atom stereocenters. The highest BCUT2D eigenvalue weighted by molar-refractivity contribution is 6.00. The first kappa shape index (κ1) is 20.6. The average Bonchev–Trinajstić information content (AvgIpc) is 3.38. The smallest absolute Gasteiger partial charge is 0.306 e. The number of nitrogens with zero attached hydrogens (tertiary/aromatic N) is 2. The Balaban J connectivity index is 1.90. The lowest BCUT2D eigenvalue weighted by molar-refractivity contribution is -0.138. The van der Waals surface area contributed by atoms with Crippen molar-refractivity contribution in [3.05, 3.63) is 59.4 Å². The Bertz CT molecular complexity index is 1310. The number of fused-ring (bicyclic) bond motifs is 2. The number of carboxylic acids is 1. The number of aromatic amines is 1. The van der Waals surface area contributed by atoms with Gasteiger partial charge >= 0.3 is 5.97 Å². The Morgan fingerprint density at radius 1 is 1.25 bits per heavy atom. The van der Waals surface area contributed by atoms with Crippen LogP contribution in [0.15, 0.2) is 36.5 Å². The van der Waals surface area contributed by atoms with Gasteiger partial charge in [0.05, 0.1) is 18.1 Å². The summed E-state index contributed by atoms with van der Waals surface area (Å²) in [6.45, 7) is 0.913. The van der Waals surface area contributed by atoms with Crippen molar-refractivity contribution in [3.63, 3.8) is 0 Å². The van der Waals surface area contributed by atoms with Gasteiger partial charge in [0, 0.05) is 46.8 Å². The van der Waals surface area contributed by atoms with Gasteiger partial charge in [0.25, 0.3) is 0 Å². The summed E-state index contributed by atoms with van der Waals surface area (Å²) in [6.07, 6.45) is -0.0994. The van der Waals surface area contributed by atoms with Crippen molar-refractivity contribution in [2.24, 2.45) is 0 Å². The van der Waals surface area contributed by atoms with Gasteiger partial charge in [0.15, 0.2) is 5.82 Å². The molecule has 2 N–H and O–H groups in total. The van der Waals surface area contributed by atoms with E-state index in [1.165, 1.54) is 18.3 Å². The molecule has 3 heterocycles. The predicted molar refractivity (Wildman–Crippen MR) is 112 cm³/mol. The van der Waals surface area contributed by atoms with Gasteiger partial charge in [-0.1, -0.05) is 0 Å². The monoisotopic (exact) mass is 443 g/mol. The van der Waals surface area contributed by atoms with Crippen LogP contribution in [0.1, 0.15) is 42.6 Å². The third kappa shape index (κ3) is 3.33. The maximum Gasteiger partial charge on any atom is 0.306 e. The molecule has 32 heavy (non-hydrogen) atoms. The number of carbonyl (C=O) groups is 1. The number of hydrogen-bond donors (Lipinski definition) is 2. The summed E-state index contributed by atoms with van der Waals surface area (Å²) >= 11 is 0. The molecule has 0 radical (unpaired) electrons. The normalized spacial score (nSPS) is 16.1. The van der Waals surface area contributed by atoms with Gasteiger partial charge in [-0.15, -0.1) is 0 Å². The van der Waals surface area contributed by atoms with Crippen LogP contribution in [0, 0.1) is 11.6 Å². The number of aliphatic carboxylic acids is 1. The lowest BCUT2D eigenvalue weighted by atomic mass is 9.90. The van der Waals surface area contributed by atoms with E-state index in [0.29, 0.717) is 48.3 Å². The minimum absolute atomic E-state index is 0.0151. The first-order valence-electron chi connectivity index (χ1n) is 10.3. The Hall–Kier alpha value is -3.33. The van der Waals surface area contributed by atoms with Crippen LogP contribution in [0.3, 0.4) is 0 Å². The standard InChI is InChI=1S/C23H20F3N3O3/c24-14-1-3-15(4-2-14)29-17-9-13-11-27-28-22(13)21(26)20(17)19(16(25)10-18(30)31)23(29)12-5-7-32-8-6-12/h1-4,9,11-12,16H,5-8,10H2,(H,27,28)(H,30,31)/t16-/m0/s1. The molecule has 0 unspecified atom stereocenters. The van der Waals surface area contributed by atoms with Crippen LogP contribution in [0.2, 0.25) is 0 Å². The lowest BCUT2D eigenvalue weighted by Gasteiger charge is -2.26. The summed E-state index contributed by atoms with van der Waals surface area (Å²) in [7, 11) is 0. The topological polar surface area (TPSA) is 80.1 Å². The molecule has 0 bridgehead atoms. The molecule has 166 valence electrons. The Labute approximate surface area is 180 Å². The molecule has 0 saturated carbocycles. The number of rotatable bonds is 5. The van der Waals surface area contributed by atoms with Crippen LogP contribution >= 0.6 is 0 Å². The molecule has 2 aromatic heterocycles. The van der Waals surface area contributed by atoms with E-state index in [9.17, 15) is 14.3 Å². The maximum atomic E-state index is 15.7. The van der Waals surface area contributed by atoms with E-state index in [1.807, 2.05) is 0 Å². The van der Waals surface area contributed by atoms with E-state index >= 15 is 8.78 Å². The fourth-order valence-electron chi connectivity index (χ4n) is 4.66. The van der Waals surface area contributed by atoms with E-state index in [2.05, 4.69) is 10.2 Å². The molecule has 1 fully saturated rings. The number of halogens is 3. The van der Waals surface area contributed by atoms with Crippen molar-refractivity contribution >= 4 is 27.8 Å². The summed E-state index contributed by atoms with van der Waals surface area (Å²) in [4.78, 5) is 11.4. The number of benzene rings is 2. The fourth-order valence-corrected chi connectivity index (χ4v) is 4.66. The number of nitrogens with one attached hydrogen (secondary N) is 1. The lowest BCUT2D eigenvalue weighted by Crippen LogP contribution is -2.19. The van der Waals surface area contributed by atoms with Gasteiger partial charge in [0.1, 0.15) is 17.5 Å². The number of hydrogen-bond acceptors (Lipinski definition) is 3. The summed E-state index contributed by atoms with van der Waals surface area (Å²) in [5.74, 6) is -2.62. The number of ether oxygens (including phenoxy) is 1. The highest BCUT2D eigenvalue weighted by Crippen LogP contribution is 2.45. The van der Waals surface area contributed by atoms with Gasteiger partial charge < -0.3 is 14.4 Å². The van der Waals surface area contributed by atoms with Crippen molar-refractivity contribution in [2.45, 2.75) is 31.4 Å². The van der Waals surface area contributed by atoms with Crippen LogP contribution < -0.4 is 0 Å². The largest absolute Gasteiger partial charge is 0.481 e. The van der Waals surface area contributed by atoms with Crippen molar-refractivity contribution < 1.29 is 27.8 Å².